The predicted molar refractivity (Wildman–Crippen MR) is 59.7 cm³/mol. The molecular formula is C11H12F2O2S. The van der Waals surface area contributed by atoms with Crippen LogP contribution in [0.3, 0.4) is 0 Å². The van der Waals surface area contributed by atoms with Crippen LogP contribution in [-0.4, -0.2) is 28.5 Å². The zero-order chi connectivity index (χ0) is 12.1. The van der Waals surface area contributed by atoms with Crippen LogP contribution in [0, 0.1) is 11.6 Å². The van der Waals surface area contributed by atoms with E-state index in [0.29, 0.717) is 0 Å². The van der Waals surface area contributed by atoms with E-state index in [4.69, 9.17) is 5.11 Å². The zero-order valence-corrected chi connectivity index (χ0v) is 9.56. The van der Waals surface area contributed by atoms with Gasteiger partial charge in [-0.05, 0) is 12.1 Å². The van der Waals surface area contributed by atoms with Crippen LogP contribution in [0.15, 0.2) is 18.2 Å². The van der Waals surface area contributed by atoms with Crippen LogP contribution < -0.4 is 0 Å². The number of carbonyl (C=O) groups is 1. The normalized spacial score (nSPS) is 12.5. The Labute approximate surface area is 96.7 Å². The van der Waals surface area contributed by atoms with Crippen molar-refractivity contribution < 1.29 is 18.7 Å². The van der Waals surface area contributed by atoms with Gasteiger partial charge in [-0.3, -0.25) is 4.79 Å². The van der Waals surface area contributed by atoms with Crippen LogP contribution in [0.5, 0.6) is 0 Å². The van der Waals surface area contributed by atoms with Crippen LogP contribution in [0.25, 0.3) is 0 Å². The van der Waals surface area contributed by atoms with Gasteiger partial charge in [-0.25, -0.2) is 8.78 Å². The second-order valence-corrected chi connectivity index (χ2v) is 4.75. The zero-order valence-electron chi connectivity index (χ0n) is 8.74. The molecule has 2 nitrogen and oxygen atoms in total. The van der Waals surface area contributed by atoms with Gasteiger partial charge in [0.1, 0.15) is 11.6 Å². The lowest BCUT2D eigenvalue weighted by Gasteiger charge is -2.07. The molecule has 0 spiro atoms. The Morgan fingerprint density at radius 1 is 1.44 bits per heavy atom. The predicted octanol–water partition coefficient (Wildman–Crippen LogP) is 2.26. The standard InChI is InChI=1S/C11H12F2O2S/c1-7(5-14)16-6-10(15)11-8(12)3-2-4-9(11)13/h2-4,7,14H,5-6H2,1H3. The van der Waals surface area contributed by atoms with Crippen LogP contribution in [0.2, 0.25) is 0 Å². The largest absolute Gasteiger partial charge is 0.395 e. The first-order valence-corrected chi connectivity index (χ1v) is 5.80. The van der Waals surface area contributed by atoms with Gasteiger partial charge in [0.25, 0.3) is 0 Å². The molecule has 1 unspecified atom stereocenters. The van der Waals surface area contributed by atoms with Gasteiger partial charge < -0.3 is 5.11 Å². The lowest BCUT2D eigenvalue weighted by molar-refractivity contribution is 0.101. The molecule has 0 aliphatic rings. The smallest absolute Gasteiger partial charge is 0.178 e. The third-order valence-electron chi connectivity index (χ3n) is 2.00. The SMILES string of the molecule is CC(CO)SCC(=O)c1c(F)cccc1F. The highest BCUT2D eigenvalue weighted by molar-refractivity contribution is 8.00. The summed E-state index contributed by atoms with van der Waals surface area (Å²) in [7, 11) is 0. The van der Waals surface area contributed by atoms with E-state index in [-0.39, 0.29) is 17.6 Å². The summed E-state index contributed by atoms with van der Waals surface area (Å²) in [5.74, 6) is -2.33. The van der Waals surface area contributed by atoms with Gasteiger partial charge in [0.2, 0.25) is 0 Å². The van der Waals surface area contributed by atoms with Crippen molar-refractivity contribution in [1.82, 2.24) is 0 Å². The maximum absolute atomic E-state index is 13.2. The molecule has 16 heavy (non-hydrogen) atoms. The molecule has 0 saturated heterocycles. The molecule has 1 aromatic carbocycles. The van der Waals surface area contributed by atoms with E-state index in [1.54, 1.807) is 6.92 Å². The van der Waals surface area contributed by atoms with Gasteiger partial charge in [0.05, 0.1) is 17.9 Å². The quantitative estimate of drug-likeness (QED) is 0.810. The van der Waals surface area contributed by atoms with Crippen molar-refractivity contribution in [3.05, 3.63) is 35.4 Å². The summed E-state index contributed by atoms with van der Waals surface area (Å²) in [4.78, 5) is 11.5. The van der Waals surface area contributed by atoms with Gasteiger partial charge in [-0.2, -0.15) is 0 Å². The lowest BCUT2D eigenvalue weighted by Crippen LogP contribution is -2.12. The van der Waals surface area contributed by atoms with Crippen molar-refractivity contribution in [2.45, 2.75) is 12.2 Å². The Bertz CT molecular complexity index is 362. The minimum Gasteiger partial charge on any atom is -0.395 e. The molecule has 1 N–H and O–H groups in total. The molecule has 0 bridgehead atoms. The Hall–Kier alpha value is -0.940. The van der Waals surface area contributed by atoms with Gasteiger partial charge in [-0.15, -0.1) is 11.8 Å². The fourth-order valence-corrected chi connectivity index (χ4v) is 1.79. The second-order valence-electron chi connectivity index (χ2n) is 3.32. The van der Waals surface area contributed by atoms with E-state index in [1.807, 2.05) is 0 Å². The number of benzene rings is 1. The van der Waals surface area contributed by atoms with Gasteiger partial charge in [0, 0.05) is 5.25 Å². The summed E-state index contributed by atoms with van der Waals surface area (Å²) < 4.78 is 26.4. The topological polar surface area (TPSA) is 37.3 Å². The van der Waals surface area contributed by atoms with E-state index in [0.717, 1.165) is 23.9 Å². The van der Waals surface area contributed by atoms with Crippen LogP contribution in [0.4, 0.5) is 8.78 Å². The number of hydrogen-bond donors (Lipinski definition) is 1. The highest BCUT2D eigenvalue weighted by atomic mass is 32.2. The van der Waals surface area contributed by atoms with Crippen molar-refractivity contribution in [3.8, 4) is 0 Å². The number of Topliss-reactive ketones (excluding diaryl/α,β-unsaturated/α-hetero) is 1. The van der Waals surface area contributed by atoms with Crippen LogP contribution in [0.1, 0.15) is 17.3 Å². The van der Waals surface area contributed by atoms with Crippen molar-refractivity contribution >= 4 is 17.5 Å². The Balaban J connectivity index is 2.73. The molecule has 1 aromatic rings. The first-order chi connectivity index (χ1) is 7.56. The molecule has 0 aliphatic heterocycles. The lowest BCUT2D eigenvalue weighted by atomic mass is 10.1. The Morgan fingerprint density at radius 2 is 2.00 bits per heavy atom. The van der Waals surface area contributed by atoms with Gasteiger partial charge >= 0.3 is 0 Å². The fourth-order valence-electron chi connectivity index (χ4n) is 1.11. The Kier molecular flexibility index (Phi) is 4.89. The van der Waals surface area contributed by atoms with E-state index < -0.39 is 23.0 Å². The summed E-state index contributed by atoms with van der Waals surface area (Å²) in [6, 6.07) is 3.32. The molecule has 0 fully saturated rings. The molecule has 0 aliphatic carbocycles. The first-order valence-electron chi connectivity index (χ1n) is 4.76. The highest BCUT2D eigenvalue weighted by Crippen LogP contribution is 2.17. The molecule has 0 radical (unpaired) electrons. The summed E-state index contributed by atoms with van der Waals surface area (Å²) in [6.45, 7) is 1.66. The number of thioether (sulfide) groups is 1. The molecule has 5 heteroatoms. The van der Waals surface area contributed by atoms with Crippen molar-refractivity contribution in [1.29, 1.82) is 0 Å². The summed E-state index contributed by atoms with van der Waals surface area (Å²) >= 11 is 1.16. The minimum atomic E-state index is -0.845. The minimum absolute atomic E-state index is 0.0421. The molecule has 1 atom stereocenters. The third kappa shape index (κ3) is 3.28. The summed E-state index contributed by atoms with van der Waals surface area (Å²) in [6.07, 6.45) is 0. The van der Waals surface area contributed by atoms with E-state index >= 15 is 0 Å². The second kappa shape index (κ2) is 5.96. The number of aliphatic hydroxyl groups is 1. The monoisotopic (exact) mass is 246 g/mol. The van der Waals surface area contributed by atoms with Crippen molar-refractivity contribution in [2.24, 2.45) is 0 Å². The fraction of sp³-hybridized carbons (Fsp3) is 0.364. The molecule has 1 rings (SSSR count). The number of halogens is 2. The number of aliphatic hydroxyl groups excluding tert-OH is 1. The molecule has 0 heterocycles. The molecule has 0 aromatic heterocycles. The third-order valence-corrected chi connectivity index (χ3v) is 3.14. The average molecular weight is 246 g/mol. The van der Waals surface area contributed by atoms with Crippen molar-refractivity contribution in [3.63, 3.8) is 0 Å². The summed E-state index contributed by atoms with van der Waals surface area (Å²) in [5.41, 5.74) is -0.500. The maximum Gasteiger partial charge on any atom is 0.178 e. The first kappa shape index (κ1) is 13.1. The average Bonchev–Trinajstić information content (AvgIpc) is 2.25. The maximum atomic E-state index is 13.2. The highest BCUT2D eigenvalue weighted by Gasteiger charge is 2.17. The number of hydrogen-bond acceptors (Lipinski definition) is 3. The van der Waals surface area contributed by atoms with Crippen LogP contribution in [-0.2, 0) is 0 Å². The molecular weight excluding hydrogens is 234 g/mol. The number of rotatable bonds is 5. The van der Waals surface area contributed by atoms with Gasteiger partial charge in [-0.1, -0.05) is 13.0 Å². The van der Waals surface area contributed by atoms with Crippen molar-refractivity contribution in [2.75, 3.05) is 12.4 Å². The van der Waals surface area contributed by atoms with Gasteiger partial charge in [0.15, 0.2) is 5.78 Å². The van der Waals surface area contributed by atoms with E-state index in [1.165, 1.54) is 6.07 Å². The summed E-state index contributed by atoms with van der Waals surface area (Å²) in [5, 5.41) is 8.62. The molecule has 0 saturated carbocycles. The molecule has 88 valence electrons. The van der Waals surface area contributed by atoms with E-state index in [2.05, 4.69) is 0 Å². The number of carbonyl (C=O) groups excluding carboxylic acids is 1. The number of ketones is 1. The van der Waals surface area contributed by atoms with E-state index in [9.17, 15) is 13.6 Å². The van der Waals surface area contributed by atoms with Crippen LogP contribution >= 0.6 is 11.8 Å². The molecule has 0 amide bonds. The Morgan fingerprint density at radius 3 is 2.50 bits per heavy atom.